The predicted molar refractivity (Wildman–Crippen MR) is 119 cm³/mol. The van der Waals surface area contributed by atoms with Gasteiger partial charge in [0.25, 0.3) is 5.69 Å². The van der Waals surface area contributed by atoms with Crippen LogP contribution in [0.25, 0.3) is 5.69 Å². The van der Waals surface area contributed by atoms with Gasteiger partial charge in [0.1, 0.15) is 11.6 Å². The maximum absolute atomic E-state index is 11.8. The number of thioether (sulfide) groups is 1. The van der Waals surface area contributed by atoms with Gasteiger partial charge in [0.15, 0.2) is 5.16 Å². The third-order valence-electron chi connectivity index (χ3n) is 4.97. The molecule has 2 aromatic carbocycles. The van der Waals surface area contributed by atoms with Gasteiger partial charge in [-0.2, -0.15) is 0 Å². The SMILES string of the molecule is COc1ccc(-n2c(CC3CC(=O)NC(=O)N3)nnc2SCc2cccc([N+](=O)[O-])c2)cc1. The highest BCUT2D eigenvalue weighted by Gasteiger charge is 2.27. The van der Waals surface area contributed by atoms with Crippen LogP contribution in [0.5, 0.6) is 5.75 Å². The molecule has 0 spiro atoms. The number of nitrogens with one attached hydrogen (secondary N) is 2. The second-order valence-electron chi connectivity index (χ2n) is 7.27. The summed E-state index contributed by atoms with van der Waals surface area (Å²) in [6.45, 7) is 0. The molecule has 1 aliphatic rings. The smallest absolute Gasteiger partial charge is 0.321 e. The lowest BCUT2D eigenvalue weighted by molar-refractivity contribution is -0.384. The molecule has 4 rings (SSSR count). The zero-order chi connectivity index (χ0) is 23.4. The van der Waals surface area contributed by atoms with E-state index in [4.69, 9.17) is 4.74 Å². The minimum absolute atomic E-state index is 0.0247. The van der Waals surface area contributed by atoms with Crippen LogP contribution in [-0.2, 0) is 17.0 Å². The summed E-state index contributed by atoms with van der Waals surface area (Å²) in [5.41, 5.74) is 1.58. The summed E-state index contributed by atoms with van der Waals surface area (Å²) in [5, 5.41) is 25.2. The Hall–Kier alpha value is -3.93. The summed E-state index contributed by atoms with van der Waals surface area (Å²) in [7, 11) is 1.58. The Morgan fingerprint density at radius 1 is 1.21 bits per heavy atom. The highest BCUT2D eigenvalue weighted by Crippen LogP contribution is 2.28. The number of methoxy groups -OCH3 is 1. The molecule has 1 saturated heterocycles. The van der Waals surface area contributed by atoms with E-state index in [0.29, 0.717) is 28.9 Å². The number of hydrogen-bond acceptors (Lipinski definition) is 8. The van der Waals surface area contributed by atoms with Gasteiger partial charge in [-0.1, -0.05) is 23.9 Å². The van der Waals surface area contributed by atoms with E-state index < -0.39 is 17.0 Å². The Morgan fingerprint density at radius 2 is 2.00 bits per heavy atom. The van der Waals surface area contributed by atoms with Crippen molar-refractivity contribution in [3.05, 3.63) is 70.0 Å². The van der Waals surface area contributed by atoms with Crippen LogP contribution in [0.1, 0.15) is 17.8 Å². The molecular formula is C21H20N6O5S. The monoisotopic (exact) mass is 468 g/mol. The number of carbonyl (C=O) groups is 2. The summed E-state index contributed by atoms with van der Waals surface area (Å²) < 4.78 is 7.08. The molecule has 33 heavy (non-hydrogen) atoms. The lowest BCUT2D eigenvalue weighted by atomic mass is 10.1. The number of rotatable bonds is 8. The minimum atomic E-state index is -0.535. The first kappa shape index (κ1) is 22.3. The van der Waals surface area contributed by atoms with Gasteiger partial charge in [-0.3, -0.25) is 24.8 Å². The zero-order valence-corrected chi connectivity index (χ0v) is 18.4. The Bertz CT molecular complexity index is 1180. The quantitative estimate of drug-likeness (QED) is 0.292. The molecule has 1 aliphatic heterocycles. The molecule has 1 aromatic heterocycles. The number of hydrogen-bond donors (Lipinski definition) is 2. The average molecular weight is 468 g/mol. The molecule has 0 aliphatic carbocycles. The first-order valence-corrected chi connectivity index (χ1v) is 11.0. The van der Waals surface area contributed by atoms with Crippen molar-refractivity contribution in [3.63, 3.8) is 0 Å². The Labute approximate surface area is 192 Å². The standard InChI is InChI=1S/C21H20N6O5S/c1-32-17-7-5-15(6-8-17)26-18(10-14-11-19(28)23-20(29)22-14)24-25-21(26)33-12-13-3-2-4-16(9-13)27(30)31/h2-9,14H,10-12H2,1H3,(H2,22,23,28,29). The second-order valence-corrected chi connectivity index (χ2v) is 8.22. The number of imide groups is 1. The van der Waals surface area contributed by atoms with Gasteiger partial charge in [0.05, 0.1) is 12.0 Å². The molecule has 0 radical (unpaired) electrons. The van der Waals surface area contributed by atoms with Gasteiger partial charge in [-0.15, -0.1) is 10.2 Å². The van der Waals surface area contributed by atoms with E-state index in [0.717, 1.165) is 11.3 Å². The molecule has 1 unspecified atom stereocenters. The number of ether oxygens (including phenoxy) is 1. The van der Waals surface area contributed by atoms with Gasteiger partial charge in [-0.25, -0.2) is 4.79 Å². The van der Waals surface area contributed by atoms with Gasteiger partial charge >= 0.3 is 6.03 Å². The number of amides is 3. The van der Waals surface area contributed by atoms with Crippen molar-refractivity contribution in [3.8, 4) is 11.4 Å². The van der Waals surface area contributed by atoms with E-state index in [1.165, 1.54) is 23.9 Å². The van der Waals surface area contributed by atoms with Gasteiger partial charge < -0.3 is 10.1 Å². The number of nitrogens with zero attached hydrogens (tertiary/aromatic N) is 4. The van der Waals surface area contributed by atoms with E-state index in [2.05, 4.69) is 20.8 Å². The fraction of sp³-hybridized carbons (Fsp3) is 0.238. The lowest BCUT2D eigenvalue weighted by Gasteiger charge is -2.23. The van der Waals surface area contributed by atoms with Crippen molar-refractivity contribution in [1.82, 2.24) is 25.4 Å². The van der Waals surface area contributed by atoms with E-state index >= 15 is 0 Å². The number of carbonyl (C=O) groups excluding carboxylic acids is 2. The number of benzene rings is 2. The summed E-state index contributed by atoms with van der Waals surface area (Å²) in [4.78, 5) is 34.1. The van der Waals surface area contributed by atoms with Crippen LogP contribution < -0.4 is 15.4 Å². The van der Waals surface area contributed by atoms with Crippen molar-refractivity contribution in [2.45, 2.75) is 29.8 Å². The van der Waals surface area contributed by atoms with Crippen molar-refractivity contribution in [1.29, 1.82) is 0 Å². The molecule has 0 bridgehead atoms. The molecule has 3 aromatic rings. The molecule has 170 valence electrons. The van der Waals surface area contributed by atoms with Crippen LogP contribution in [-0.4, -0.2) is 44.8 Å². The fourth-order valence-electron chi connectivity index (χ4n) is 3.44. The Morgan fingerprint density at radius 3 is 2.70 bits per heavy atom. The fourth-order valence-corrected chi connectivity index (χ4v) is 4.36. The first-order valence-electron chi connectivity index (χ1n) is 9.98. The Balaban J connectivity index is 1.62. The van der Waals surface area contributed by atoms with Crippen LogP contribution in [0.4, 0.5) is 10.5 Å². The average Bonchev–Trinajstić information content (AvgIpc) is 3.19. The molecule has 11 nitrogen and oxygen atoms in total. The molecule has 3 amide bonds. The molecule has 1 fully saturated rings. The van der Waals surface area contributed by atoms with E-state index in [1.807, 2.05) is 34.9 Å². The summed E-state index contributed by atoms with van der Waals surface area (Å²) in [6.07, 6.45) is 0.437. The van der Waals surface area contributed by atoms with Crippen molar-refractivity contribution in [2.75, 3.05) is 7.11 Å². The predicted octanol–water partition coefficient (Wildman–Crippen LogP) is 2.62. The van der Waals surface area contributed by atoms with E-state index in [1.54, 1.807) is 13.2 Å². The number of urea groups is 1. The van der Waals surface area contributed by atoms with Crippen LogP contribution in [0.15, 0.2) is 53.7 Å². The number of non-ortho nitro benzene ring substituents is 1. The number of nitro benzene ring substituents is 1. The summed E-state index contributed by atoms with van der Waals surface area (Å²) in [6, 6.07) is 12.8. The van der Waals surface area contributed by atoms with Gasteiger partial charge in [0, 0.05) is 42.5 Å². The topological polar surface area (TPSA) is 141 Å². The molecular weight excluding hydrogens is 448 g/mol. The molecule has 1 atom stereocenters. The molecule has 2 heterocycles. The minimum Gasteiger partial charge on any atom is -0.497 e. The van der Waals surface area contributed by atoms with E-state index in [-0.39, 0.29) is 18.0 Å². The maximum Gasteiger partial charge on any atom is 0.321 e. The zero-order valence-electron chi connectivity index (χ0n) is 17.6. The van der Waals surface area contributed by atoms with Crippen LogP contribution in [0, 0.1) is 10.1 Å². The summed E-state index contributed by atoms with van der Waals surface area (Å²) in [5.74, 6) is 1.36. The number of aromatic nitrogens is 3. The van der Waals surface area contributed by atoms with Crippen molar-refractivity contribution in [2.24, 2.45) is 0 Å². The van der Waals surface area contributed by atoms with Crippen LogP contribution >= 0.6 is 11.8 Å². The van der Waals surface area contributed by atoms with Crippen molar-refractivity contribution < 1.29 is 19.2 Å². The third kappa shape index (κ3) is 5.29. The summed E-state index contributed by atoms with van der Waals surface area (Å²) >= 11 is 1.38. The molecule has 12 heteroatoms. The molecule has 0 saturated carbocycles. The Kier molecular flexibility index (Phi) is 6.54. The van der Waals surface area contributed by atoms with E-state index in [9.17, 15) is 19.7 Å². The largest absolute Gasteiger partial charge is 0.497 e. The maximum atomic E-state index is 11.8. The second kappa shape index (κ2) is 9.69. The molecule has 2 N–H and O–H groups in total. The van der Waals surface area contributed by atoms with Gasteiger partial charge in [0.2, 0.25) is 5.91 Å². The third-order valence-corrected chi connectivity index (χ3v) is 5.97. The van der Waals surface area contributed by atoms with Crippen LogP contribution in [0.3, 0.4) is 0 Å². The lowest BCUT2D eigenvalue weighted by Crippen LogP contribution is -2.53. The highest BCUT2D eigenvalue weighted by atomic mass is 32.2. The van der Waals surface area contributed by atoms with Crippen LogP contribution in [0.2, 0.25) is 0 Å². The van der Waals surface area contributed by atoms with Gasteiger partial charge in [-0.05, 0) is 29.8 Å². The number of nitro groups is 1. The van der Waals surface area contributed by atoms with Crippen molar-refractivity contribution >= 4 is 29.4 Å². The highest BCUT2D eigenvalue weighted by molar-refractivity contribution is 7.98. The first-order chi connectivity index (χ1) is 15.9. The normalized spacial score (nSPS) is 15.6.